The maximum Gasteiger partial charge on any atom is 0.242 e. The molecule has 2 aromatic rings. The Morgan fingerprint density at radius 2 is 1.76 bits per heavy atom. The first kappa shape index (κ1) is 23.5. The van der Waals surface area contributed by atoms with E-state index in [1.54, 1.807) is 16.7 Å². The minimum absolute atomic E-state index is 0.0193. The third-order valence-corrected chi connectivity index (χ3v) is 6.12. The highest BCUT2D eigenvalue weighted by Crippen LogP contribution is 2.18. The Hall–Kier alpha value is -1.79. The molecule has 4 nitrogen and oxygen atoms in total. The van der Waals surface area contributed by atoms with Gasteiger partial charge in [0.1, 0.15) is 6.04 Å². The summed E-state index contributed by atoms with van der Waals surface area (Å²) in [6.07, 6.45) is 1.96. The number of amides is 2. The molecule has 0 fully saturated rings. The van der Waals surface area contributed by atoms with E-state index < -0.39 is 6.04 Å². The fourth-order valence-electron chi connectivity index (χ4n) is 2.82. The van der Waals surface area contributed by atoms with Crippen LogP contribution in [0.1, 0.15) is 37.8 Å². The number of unbranched alkanes of at least 4 members (excludes halogenated alkanes) is 1. The van der Waals surface area contributed by atoms with Gasteiger partial charge in [0.05, 0.1) is 5.75 Å². The van der Waals surface area contributed by atoms with E-state index in [9.17, 15) is 9.59 Å². The van der Waals surface area contributed by atoms with Gasteiger partial charge in [-0.2, -0.15) is 0 Å². The normalized spacial score (nSPS) is 11.7. The molecule has 0 aromatic heterocycles. The summed E-state index contributed by atoms with van der Waals surface area (Å²) in [5.74, 6) is 0.986. The molecule has 0 bridgehead atoms. The summed E-state index contributed by atoms with van der Waals surface area (Å²) in [4.78, 5) is 27.2. The second kappa shape index (κ2) is 12.7. The number of benzene rings is 2. The van der Waals surface area contributed by atoms with Crippen LogP contribution < -0.4 is 5.32 Å². The maximum atomic E-state index is 13.0. The van der Waals surface area contributed by atoms with Gasteiger partial charge >= 0.3 is 0 Å². The number of halogens is 1. The molecule has 0 spiro atoms. The molecule has 1 atom stereocenters. The summed E-state index contributed by atoms with van der Waals surface area (Å²) >= 11 is 5.01. The Morgan fingerprint density at radius 3 is 2.41 bits per heavy atom. The molecule has 156 valence electrons. The zero-order chi connectivity index (χ0) is 21.1. The Labute approximate surface area is 186 Å². The van der Waals surface area contributed by atoms with E-state index in [4.69, 9.17) is 0 Å². The molecule has 0 saturated carbocycles. The van der Waals surface area contributed by atoms with Gasteiger partial charge in [-0.3, -0.25) is 9.59 Å². The lowest BCUT2D eigenvalue weighted by Gasteiger charge is -2.28. The second-order valence-corrected chi connectivity index (χ2v) is 8.85. The van der Waals surface area contributed by atoms with Crippen molar-refractivity contribution in [1.82, 2.24) is 10.2 Å². The SMILES string of the molecule is CCCCNC(=O)C(C)N(Cc1ccccc1)C(=O)CSCc1ccc(Br)cc1. The molecule has 0 aliphatic heterocycles. The summed E-state index contributed by atoms with van der Waals surface area (Å²) in [5, 5.41) is 2.95. The van der Waals surface area contributed by atoms with Crippen LogP contribution in [0.4, 0.5) is 0 Å². The summed E-state index contributed by atoms with van der Waals surface area (Å²) in [7, 11) is 0. The lowest BCUT2D eigenvalue weighted by atomic mass is 10.1. The number of carbonyl (C=O) groups excluding carboxylic acids is 2. The van der Waals surface area contributed by atoms with Crippen LogP contribution in [0.3, 0.4) is 0 Å². The minimum Gasteiger partial charge on any atom is -0.354 e. The van der Waals surface area contributed by atoms with Crippen molar-refractivity contribution in [2.45, 2.75) is 45.0 Å². The molecular weight excluding hydrogens is 448 g/mol. The van der Waals surface area contributed by atoms with Crippen LogP contribution >= 0.6 is 27.7 Å². The zero-order valence-electron chi connectivity index (χ0n) is 17.1. The molecule has 0 heterocycles. The van der Waals surface area contributed by atoms with E-state index in [2.05, 4.69) is 28.2 Å². The van der Waals surface area contributed by atoms with Gasteiger partial charge in [-0.15, -0.1) is 11.8 Å². The maximum absolute atomic E-state index is 13.0. The van der Waals surface area contributed by atoms with Crippen LogP contribution in [0.15, 0.2) is 59.1 Å². The molecule has 29 heavy (non-hydrogen) atoms. The monoisotopic (exact) mass is 476 g/mol. The van der Waals surface area contributed by atoms with Crippen molar-refractivity contribution in [1.29, 1.82) is 0 Å². The second-order valence-electron chi connectivity index (χ2n) is 6.95. The van der Waals surface area contributed by atoms with Crippen molar-refractivity contribution in [2.24, 2.45) is 0 Å². The third-order valence-electron chi connectivity index (χ3n) is 4.60. The molecule has 2 amide bonds. The molecule has 1 N–H and O–H groups in total. The van der Waals surface area contributed by atoms with E-state index >= 15 is 0 Å². The molecule has 0 aliphatic rings. The molecule has 0 radical (unpaired) electrons. The van der Waals surface area contributed by atoms with Crippen molar-refractivity contribution in [3.63, 3.8) is 0 Å². The van der Waals surface area contributed by atoms with Crippen molar-refractivity contribution in [3.8, 4) is 0 Å². The van der Waals surface area contributed by atoms with E-state index in [1.165, 1.54) is 5.56 Å². The molecule has 0 aliphatic carbocycles. The zero-order valence-corrected chi connectivity index (χ0v) is 19.5. The van der Waals surface area contributed by atoms with Crippen LogP contribution in [-0.4, -0.2) is 35.1 Å². The molecule has 1 unspecified atom stereocenters. The number of rotatable bonds is 11. The van der Waals surface area contributed by atoms with Crippen LogP contribution in [0.25, 0.3) is 0 Å². The third kappa shape index (κ3) is 8.23. The van der Waals surface area contributed by atoms with Crippen molar-refractivity contribution in [2.75, 3.05) is 12.3 Å². The van der Waals surface area contributed by atoms with Gasteiger partial charge in [0, 0.05) is 23.3 Å². The topological polar surface area (TPSA) is 49.4 Å². The van der Waals surface area contributed by atoms with Gasteiger partial charge < -0.3 is 10.2 Å². The van der Waals surface area contributed by atoms with Crippen molar-refractivity contribution < 1.29 is 9.59 Å². The van der Waals surface area contributed by atoms with Gasteiger partial charge in [0.2, 0.25) is 11.8 Å². The van der Waals surface area contributed by atoms with Gasteiger partial charge in [-0.05, 0) is 36.6 Å². The summed E-state index contributed by atoms with van der Waals surface area (Å²) < 4.78 is 1.04. The summed E-state index contributed by atoms with van der Waals surface area (Å²) in [5.41, 5.74) is 2.19. The number of hydrogen-bond acceptors (Lipinski definition) is 3. The molecule has 0 saturated heterocycles. The minimum atomic E-state index is -0.507. The molecule has 2 aromatic carbocycles. The van der Waals surface area contributed by atoms with Crippen molar-refractivity contribution >= 4 is 39.5 Å². The lowest BCUT2D eigenvalue weighted by molar-refractivity contribution is -0.138. The quantitative estimate of drug-likeness (QED) is 0.463. The first-order valence-electron chi connectivity index (χ1n) is 9.94. The summed E-state index contributed by atoms with van der Waals surface area (Å²) in [6.45, 7) is 4.97. The van der Waals surface area contributed by atoms with Gasteiger partial charge in [-0.25, -0.2) is 0 Å². The first-order chi connectivity index (χ1) is 14.0. The Bertz CT molecular complexity index is 768. The Kier molecular flexibility index (Phi) is 10.3. The van der Waals surface area contributed by atoms with Gasteiger partial charge in [0.25, 0.3) is 0 Å². The highest BCUT2D eigenvalue weighted by molar-refractivity contribution is 9.10. The van der Waals surface area contributed by atoms with Gasteiger partial charge in [0.15, 0.2) is 0 Å². The largest absolute Gasteiger partial charge is 0.354 e. The Balaban J connectivity index is 1.99. The number of thioether (sulfide) groups is 1. The van der Waals surface area contributed by atoms with E-state index in [0.717, 1.165) is 28.6 Å². The number of hydrogen-bond donors (Lipinski definition) is 1. The predicted molar refractivity (Wildman–Crippen MR) is 125 cm³/mol. The average molecular weight is 477 g/mol. The van der Waals surface area contributed by atoms with Crippen molar-refractivity contribution in [3.05, 3.63) is 70.2 Å². The number of nitrogens with zero attached hydrogens (tertiary/aromatic N) is 1. The Morgan fingerprint density at radius 1 is 1.07 bits per heavy atom. The van der Waals surface area contributed by atoms with E-state index in [0.29, 0.717) is 18.8 Å². The molecular formula is C23H29BrN2O2S. The highest BCUT2D eigenvalue weighted by Gasteiger charge is 2.25. The number of nitrogens with one attached hydrogen (secondary N) is 1. The van der Waals surface area contributed by atoms with E-state index in [1.807, 2.05) is 61.5 Å². The van der Waals surface area contributed by atoms with Crippen LogP contribution in [0, 0.1) is 0 Å². The van der Waals surface area contributed by atoms with Crippen LogP contribution in [-0.2, 0) is 21.9 Å². The van der Waals surface area contributed by atoms with E-state index in [-0.39, 0.29) is 11.8 Å². The smallest absolute Gasteiger partial charge is 0.242 e. The van der Waals surface area contributed by atoms with Crippen LogP contribution in [0.2, 0.25) is 0 Å². The fourth-order valence-corrected chi connectivity index (χ4v) is 3.95. The highest BCUT2D eigenvalue weighted by atomic mass is 79.9. The summed E-state index contributed by atoms with van der Waals surface area (Å²) in [6, 6.07) is 17.4. The standard InChI is InChI=1S/C23H29BrN2O2S/c1-3-4-14-25-23(28)18(2)26(15-19-8-6-5-7-9-19)22(27)17-29-16-20-10-12-21(24)13-11-20/h5-13,18H,3-4,14-17H2,1-2H3,(H,25,28). The van der Waals surface area contributed by atoms with Crippen LogP contribution in [0.5, 0.6) is 0 Å². The fraction of sp³-hybridized carbons (Fsp3) is 0.391. The average Bonchev–Trinajstić information content (AvgIpc) is 2.73. The first-order valence-corrected chi connectivity index (χ1v) is 11.9. The lowest BCUT2D eigenvalue weighted by Crippen LogP contribution is -2.48. The predicted octanol–water partition coefficient (Wildman–Crippen LogP) is 5.02. The number of carbonyl (C=O) groups is 2. The van der Waals surface area contributed by atoms with Gasteiger partial charge in [-0.1, -0.05) is 71.7 Å². The molecule has 2 rings (SSSR count). The molecule has 6 heteroatoms.